The number of halogens is 1. The molecule has 2 aromatic carbocycles. The van der Waals surface area contributed by atoms with Crippen molar-refractivity contribution in [2.75, 3.05) is 12.4 Å². The molecule has 1 unspecified atom stereocenters. The topological polar surface area (TPSA) is 71.0 Å². The van der Waals surface area contributed by atoms with E-state index >= 15 is 0 Å². The van der Waals surface area contributed by atoms with E-state index in [2.05, 4.69) is 10.4 Å². The van der Waals surface area contributed by atoms with Crippen LogP contribution in [0.4, 0.5) is 5.69 Å². The fourth-order valence-corrected chi connectivity index (χ4v) is 4.46. The van der Waals surface area contributed by atoms with Crippen molar-refractivity contribution < 1.29 is 14.3 Å². The first kappa shape index (κ1) is 21.1. The van der Waals surface area contributed by atoms with Crippen LogP contribution in [0.2, 0.25) is 5.02 Å². The number of ether oxygens (including phenoxy) is 1. The molecule has 0 bridgehead atoms. The minimum absolute atomic E-state index is 0.0813. The monoisotopic (exact) mass is 453 g/mol. The van der Waals surface area contributed by atoms with E-state index in [9.17, 15) is 9.59 Å². The maximum atomic E-state index is 12.7. The lowest BCUT2D eigenvalue weighted by Crippen LogP contribution is -2.23. The molecule has 0 saturated carbocycles. The van der Waals surface area contributed by atoms with Gasteiger partial charge in [-0.3, -0.25) is 9.59 Å². The Kier molecular flexibility index (Phi) is 6.06. The number of rotatable bonds is 5. The van der Waals surface area contributed by atoms with Gasteiger partial charge in [0.15, 0.2) is 0 Å². The quantitative estimate of drug-likeness (QED) is 0.565. The standard InChI is InChI=1S/C23H20ClN3O3S/c1-14(28)27-20(22-4-3-11-31-22)13-19(26-27)15-5-8-17(9-6-15)25-23(29)18-12-16(24)7-10-21(18)30-2/h3-12,20H,13H2,1-2H3,(H,25,29). The number of hydrogen-bond donors (Lipinski definition) is 1. The number of nitrogens with one attached hydrogen (secondary N) is 1. The van der Waals surface area contributed by atoms with Gasteiger partial charge in [0.1, 0.15) is 5.75 Å². The lowest BCUT2D eigenvalue weighted by atomic mass is 10.0. The van der Waals surface area contributed by atoms with Crippen molar-refractivity contribution in [3.05, 3.63) is 81.0 Å². The SMILES string of the molecule is COc1ccc(Cl)cc1C(=O)Nc1ccc(C2=NN(C(C)=O)C(c3cccs3)C2)cc1. The van der Waals surface area contributed by atoms with Crippen LogP contribution in [-0.2, 0) is 4.79 Å². The zero-order valence-electron chi connectivity index (χ0n) is 17.0. The first-order valence-electron chi connectivity index (χ1n) is 9.62. The Bertz CT molecular complexity index is 1140. The number of carbonyl (C=O) groups is 2. The van der Waals surface area contributed by atoms with Crippen LogP contribution in [0, 0.1) is 0 Å². The van der Waals surface area contributed by atoms with Crippen LogP contribution in [0.3, 0.4) is 0 Å². The van der Waals surface area contributed by atoms with Gasteiger partial charge in [-0.25, -0.2) is 5.01 Å². The van der Waals surface area contributed by atoms with Gasteiger partial charge >= 0.3 is 0 Å². The van der Waals surface area contributed by atoms with Gasteiger partial charge in [0.2, 0.25) is 5.91 Å². The normalized spacial score (nSPS) is 15.5. The molecule has 2 amide bonds. The summed E-state index contributed by atoms with van der Waals surface area (Å²) in [5.74, 6) is 0.0429. The minimum Gasteiger partial charge on any atom is -0.496 e. The number of hydrogen-bond acceptors (Lipinski definition) is 5. The third-order valence-electron chi connectivity index (χ3n) is 4.99. The molecule has 1 aromatic heterocycles. The average molecular weight is 454 g/mol. The second kappa shape index (κ2) is 8.91. The zero-order valence-corrected chi connectivity index (χ0v) is 18.5. The third kappa shape index (κ3) is 4.47. The lowest BCUT2D eigenvalue weighted by molar-refractivity contribution is -0.130. The molecule has 1 aliphatic heterocycles. The Morgan fingerprint density at radius 1 is 1.19 bits per heavy atom. The molecule has 1 aliphatic rings. The summed E-state index contributed by atoms with van der Waals surface area (Å²) >= 11 is 7.64. The zero-order chi connectivity index (χ0) is 22.0. The van der Waals surface area contributed by atoms with Crippen LogP contribution < -0.4 is 10.1 Å². The predicted octanol–water partition coefficient (Wildman–Crippen LogP) is 5.36. The summed E-state index contributed by atoms with van der Waals surface area (Å²) in [7, 11) is 1.50. The van der Waals surface area contributed by atoms with Gasteiger partial charge in [-0.05, 0) is 47.3 Å². The number of nitrogens with zero attached hydrogens (tertiary/aromatic N) is 2. The highest BCUT2D eigenvalue weighted by molar-refractivity contribution is 7.10. The van der Waals surface area contributed by atoms with Gasteiger partial charge in [-0.2, -0.15) is 5.10 Å². The molecule has 1 atom stereocenters. The molecule has 4 rings (SSSR count). The highest BCUT2D eigenvalue weighted by Crippen LogP contribution is 2.35. The fourth-order valence-electron chi connectivity index (χ4n) is 3.48. The molecule has 3 aromatic rings. The summed E-state index contributed by atoms with van der Waals surface area (Å²) < 4.78 is 5.25. The van der Waals surface area contributed by atoms with Crippen molar-refractivity contribution in [1.29, 1.82) is 0 Å². The minimum atomic E-state index is -0.314. The summed E-state index contributed by atoms with van der Waals surface area (Å²) in [6.07, 6.45) is 0.644. The first-order valence-corrected chi connectivity index (χ1v) is 10.9. The first-order chi connectivity index (χ1) is 15.0. The van der Waals surface area contributed by atoms with Crippen LogP contribution in [-0.4, -0.2) is 29.6 Å². The molecule has 0 aliphatic carbocycles. The molecular weight excluding hydrogens is 434 g/mol. The second-order valence-corrected chi connectivity index (χ2v) is 8.44. The third-order valence-corrected chi connectivity index (χ3v) is 6.20. The molecule has 8 heteroatoms. The summed E-state index contributed by atoms with van der Waals surface area (Å²) in [6, 6.07) is 16.2. The van der Waals surface area contributed by atoms with E-state index in [1.165, 1.54) is 14.0 Å². The van der Waals surface area contributed by atoms with Crippen LogP contribution in [0.15, 0.2) is 65.1 Å². The Hall–Kier alpha value is -3.16. The van der Waals surface area contributed by atoms with Crippen LogP contribution >= 0.6 is 22.9 Å². The Labute approximate surface area is 189 Å². The Morgan fingerprint density at radius 3 is 2.61 bits per heavy atom. The van der Waals surface area contributed by atoms with E-state index in [1.54, 1.807) is 34.5 Å². The lowest BCUT2D eigenvalue weighted by Gasteiger charge is -2.18. The van der Waals surface area contributed by atoms with E-state index in [0.717, 1.165) is 16.2 Å². The van der Waals surface area contributed by atoms with Crippen LogP contribution in [0.25, 0.3) is 0 Å². The molecule has 0 saturated heterocycles. The number of anilines is 1. The van der Waals surface area contributed by atoms with Crippen LogP contribution in [0.5, 0.6) is 5.75 Å². The van der Waals surface area contributed by atoms with Gasteiger partial charge < -0.3 is 10.1 Å². The summed E-state index contributed by atoms with van der Waals surface area (Å²) in [5.41, 5.74) is 2.73. The second-order valence-electron chi connectivity index (χ2n) is 7.02. The maximum absolute atomic E-state index is 12.7. The highest BCUT2D eigenvalue weighted by Gasteiger charge is 2.31. The molecule has 31 heavy (non-hydrogen) atoms. The largest absolute Gasteiger partial charge is 0.496 e. The van der Waals surface area contributed by atoms with Crippen molar-refractivity contribution in [2.24, 2.45) is 5.10 Å². The number of carbonyl (C=O) groups excluding carboxylic acids is 2. The maximum Gasteiger partial charge on any atom is 0.259 e. The fraction of sp³-hybridized carbons (Fsp3) is 0.174. The predicted molar refractivity (Wildman–Crippen MR) is 123 cm³/mol. The van der Waals surface area contributed by atoms with E-state index in [-0.39, 0.29) is 17.9 Å². The summed E-state index contributed by atoms with van der Waals surface area (Å²) in [5, 5.41) is 11.4. The van der Waals surface area contributed by atoms with Gasteiger partial charge in [-0.15, -0.1) is 11.3 Å². The van der Waals surface area contributed by atoms with Crippen molar-refractivity contribution in [3.8, 4) is 5.75 Å². The Balaban J connectivity index is 1.51. The average Bonchev–Trinajstić information content (AvgIpc) is 3.44. The van der Waals surface area contributed by atoms with Crippen molar-refractivity contribution >= 4 is 46.2 Å². The molecule has 0 spiro atoms. The van der Waals surface area contributed by atoms with E-state index < -0.39 is 0 Å². The van der Waals surface area contributed by atoms with Gasteiger partial charge in [-0.1, -0.05) is 29.8 Å². The van der Waals surface area contributed by atoms with Crippen LogP contribution in [0.1, 0.15) is 40.2 Å². The highest BCUT2D eigenvalue weighted by atomic mass is 35.5. The molecule has 6 nitrogen and oxygen atoms in total. The van der Waals surface area contributed by atoms with Gasteiger partial charge in [0.05, 0.1) is 24.4 Å². The van der Waals surface area contributed by atoms with Gasteiger partial charge in [0.25, 0.3) is 5.91 Å². The molecule has 0 radical (unpaired) electrons. The molecule has 158 valence electrons. The number of benzene rings is 2. The number of thiophene rings is 1. The molecular formula is C23H20ClN3O3S. The van der Waals surface area contributed by atoms with E-state index in [1.807, 2.05) is 41.8 Å². The molecule has 1 N–H and O–H groups in total. The van der Waals surface area contributed by atoms with Crippen molar-refractivity contribution in [3.63, 3.8) is 0 Å². The van der Waals surface area contributed by atoms with Crippen molar-refractivity contribution in [1.82, 2.24) is 5.01 Å². The number of amides is 2. The number of methoxy groups -OCH3 is 1. The molecule has 0 fully saturated rings. The van der Waals surface area contributed by atoms with Gasteiger partial charge in [0, 0.05) is 28.9 Å². The smallest absolute Gasteiger partial charge is 0.259 e. The van der Waals surface area contributed by atoms with Crippen molar-refractivity contribution in [2.45, 2.75) is 19.4 Å². The van der Waals surface area contributed by atoms with E-state index in [0.29, 0.717) is 28.4 Å². The molecule has 2 heterocycles. The number of hydrazone groups is 1. The summed E-state index contributed by atoms with van der Waals surface area (Å²) in [4.78, 5) is 25.8. The Morgan fingerprint density at radius 2 is 1.97 bits per heavy atom. The summed E-state index contributed by atoms with van der Waals surface area (Å²) in [6.45, 7) is 1.52. The van der Waals surface area contributed by atoms with E-state index in [4.69, 9.17) is 16.3 Å².